The lowest BCUT2D eigenvalue weighted by molar-refractivity contribution is 0.286. The molecular formula is C19H29N3. The summed E-state index contributed by atoms with van der Waals surface area (Å²) < 4.78 is 0. The second-order valence-electron chi connectivity index (χ2n) is 7.71. The highest BCUT2D eigenvalue weighted by molar-refractivity contribution is 5.69. The van der Waals surface area contributed by atoms with Crippen LogP contribution in [-0.4, -0.2) is 15.0 Å². The minimum atomic E-state index is 0.531. The normalized spacial score (nSPS) is 24.0. The van der Waals surface area contributed by atoms with E-state index in [9.17, 15) is 0 Å². The molecule has 2 aromatic rings. The van der Waals surface area contributed by atoms with Gasteiger partial charge in [-0.2, -0.15) is 0 Å². The third-order valence-corrected chi connectivity index (χ3v) is 5.26. The van der Waals surface area contributed by atoms with E-state index in [0.717, 1.165) is 11.2 Å². The number of hydrogen-bond acceptors (Lipinski definition) is 2. The molecule has 2 heterocycles. The first-order valence-electron chi connectivity index (χ1n) is 8.94. The summed E-state index contributed by atoms with van der Waals surface area (Å²) >= 11 is 0. The van der Waals surface area contributed by atoms with Crippen molar-refractivity contribution in [2.24, 2.45) is 5.41 Å². The predicted octanol–water partition coefficient (Wildman–Crippen LogP) is 5.59. The van der Waals surface area contributed by atoms with Crippen LogP contribution in [0.4, 0.5) is 0 Å². The Balaban J connectivity index is 1.71. The highest BCUT2D eigenvalue weighted by atomic mass is 14.9. The Labute approximate surface area is 133 Å². The molecule has 1 unspecified atom stereocenters. The number of H-pyrrole nitrogens is 1. The summed E-state index contributed by atoms with van der Waals surface area (Å²) in [5.41, 5.74) is 3.64. The smallest absolute Gasteiger partial charge is 0.156 e. The van der Waals surface area contributed by atoms with E-state index in [0.29, 0.717) is 11.3 Å². The number of nitrogens with one attached hydrogen (secondary N) is 1. The van der Waals surface area contributed by atoms with E-state index in [1.807, 2.05) is 18.5 Å². The Kier molecular flexibility index (Phi) is 4.80. The van der Waals surface area contributed by atoms with Crippen LogP contribution in [0.2, 0.25) is 0 Å². The van der Waals surface area contributed by atoms with Crippen molar-refractivity contribution in [3.63, 3.8) is 0 Å². The Morgan fingerprint density at radius 1 is 1.05 bits per heavy atom. The highest BCUT2D eigenvalue weighted by Crippen LogP contribution is 2.34. The van der Waals surface area contributed by atoms with Crippen molar-refractivity contribution in [3.05, 3.63) is 24.2 Å². The average Bonchev–Trinajstić information content (AvgIpc) is 2.94. The lowest BCUT2D eigenvalue weighted by Gasteiger charge is -2.24. The zero-order chi connectivity index (χ0) is 15.4. The monoisotopic (exact) mass is 299 g/mol. The van der Waals surface area contributed by atoms with E-state index in [-0.39, 0.29) is 0 Å². The highest BCUT2D eigenvalue weighted by Gasteiger charge is 2.20. The van der Waals surface area contributed by atoms with Crippen molar-refractivity contribution in [2.75, 3.05) is 0 Å². The molecule has 3 rings (SSSR count). The molecule has 0 radical (unpaired) electrons. The minimum absolute atomic E-state index is 0.531. The first-order chi connectivity index (χ1) is 10.6. The molecular weight excluding hydrogens is 270 g/mol. The summed E-state index contributed by atoms with van der Waals surface area (Å²) in [6.07, 6.45) is 15.9. The summed E-state index contributed by atoms with van der Waals surface area (Å²) in [7, 11) is 0. The van der Waals surface area contributed by atoms with Gasteiger partial charge >= 0.3 is 0 Å². The van der Waals surface area contributed by atoms with Gasteiger partial charge in [-0.25, -0.2) is 9.97 Å². The van der Waals surface area contributed by atoms with Crippen LogP contribution in [0.15, 0.2) is 18.5 Å². The van der Waals surface area contributed by atoms with Crippen LogP contribution in [0.1, 0.15) is 83.2 Å². The lowest BCUT2D eigenvalue weighted by Crippen LogP contribution is -2.10. The van der Waals surface area contributed by atoms with Gasteiger partial charge in [0.1, 0.15) is 5.52 Å². The number of fused-ring (bicyclic) bond motifs is 1. The van der Waals surface area contributed by atoms with E-state index in [2.05, 4.69) is 23.8 Å². The molecule has 1 saturated carbocycles. The van der Waals surface area contributed by atoms with Crippen LogP contribution in [0.3, 0.4) is 0 Å². The van der Waals surface area contributed by atoms with Gasteiger partial charge in [0.05, 0.1) is 11.9 Å². The van der Waals surface area contributed by atoms with Crippen molar-refractivity contribution >= 4 is 11.2 Å². The van der Waals surface area contributed by atoms with Gasteiger partial charge in [0, 0.05) is 12.1 Å². The van der Waals surface area contributed by atoms with Gasteiger partial charge < -0.3 is 4.98 Å². The summed E-state index contributed by atoms with van der Waals surface area (Å²) in [6.45, 7) is 4.88. The molecule has 0 aromatic carbocycles. The molecule has 3 heteroatoms. The fourth-order valence-corrected chi connectivity index (χ4v) is 3.77. The van der Waals surface area contributed by atoms with Crippen LogP contribution in [0.5, 0.6) is 0 Å². The number of hydrogen-bond donors (Lipinski definition) is 1. The molecule has 0 saturated heterocycles. The molecule has 2 aromatic heterocycles. The zero-order valence-electron chi connectivity index (χ0n) is 14.1. The number of aromatic amines is 1. The van der Waals surface area contributed by atoms with Gasteiger partial charge in [0.25, 0.3) is 0 Å². The molecule has 1 N–H and O–H groups in total. The second kappa shape index (κ2) is 6.80. The summed E-state index contributed by atoms with van der Waals surface area (Å²) in [4.78, 5) is 12.5. The molecule has 22 heavy (non-hydrogen) atoms. The summed E-state index contributed by atoms with van der Waals surface area (Å²) in [5, 5.41) is 0. The van der Waals surface area contributed by atoms with E-state index in [1.165, 1.54) is 63.5 Å². The molecule has 1 atom stereocenters. The van der Waals surface area contributed by atoms with Gasteiger partial charge in [-0.05, 0) is 37.2 Å². The topological polar surface area (TPSA) is 41.6 Å². The maximum absolute atomic E-state index is 4.84. The maximum atomic E-state index is 4.84. The van der Waals surface area contributed by atoms with Gasteiger partial charge in [0.2, 0.25) is 0 Å². The minimum Gasteiger partial charge on any atom is -0.345 e. The van der Waals surface area contributed by atoms with E-state index in [4.69, 9.17) is 4.98 Å². The standard InChI is InChI=1S/C19H29N3/c1-19(2)11-6-3-4-8-15(9-5-7-12-19)17-14-21-18-16(22-17)10-13-20-18/h10,13-15H,3-9,11-12H2,1-2H3,(H,20,21). The molecule has 1 fully saturated rings. The van der Waals surface area contributed by atoms with Gasteiger partial charge in [0.15, 0.2) is 5.65 Å². The van der Waals surface area contributed by atoms with Gasteiger partial charge in [-0.3, -0.25) is 0 Å². The van der Waals surface area contributed by atoms with E-state index >= 15 is 0 Å². The molecule has 1 aliphatic rings. The summed E-state index contributed by atoms with van der Waals surface area (Å²) in [5.74, 6) is 0.591. The van der Waals surface area contributed by atoms with Crippen LogP contribution in [0, 0.1) is 5.41 Å². The first kappa shape index (κ1) is 15.5. The third kappa shape index (κ3) is 3.88. The summed E-state index contributed by atoms with van der Waals surface area (Å²) in [6, 6.07) is 2.03. The van der Waals surface area contributed by atoms with Crippen molar-refractivity contribution in [1.82, 2.24) is 15.0 Å². The predicted molar refractivity (Wildman–Crippen MR) is 92.0 cm³/mol. The van der Waals surface area contributed by atoms with Gasteiger partial charge in [-0.1, -0.05) is 46.0 Å². The van der Waals surface area contributed by atoms with Crippen LogP contribution < -0.4 is 0 Å². The van der Waals surface area contributed by atoms with Crippen LogP contribution in [-0.2, 0) is 0 Å². The third-order valence-electron chi connectivity index (χ3n) is 5.26. The Bertz CT molecular complexity index is 600. The largest absolute Gasteiger partial charge is 0.345 e. The fourth-order valence-electron chi connectivity index (χ4n) is 3.77. The molecule has 120 valence electrons. The Morgan fingerprint density at radius 2 is 1.77 bits per heavy atom. The van der Waals surface area contributed by atoms with E-state index < -0.39 is 0 Å². The second-order valence-corrected chi connectivity index (χ2v) is 7.71. The van der Waals surface area contributed by atoms with Crippen molar-refractivity contribution < 1.29 is 0 Å². The van der Waals surface area contributed by atoms with E-state index in [1.54, 1.807) is 0 Å². The Hall–Kier alpha value is -1.38. The number of rotatable bonds is 1. The van der Waals surface area contributed by atoms with Gasteiger partial charge in [-0.15, -0.1) is 0 Å². The maximum Gasteiger partial charge on any atom is 0.156 e. The quantitative estimate of drug-likeness (QED) is 0.745. The molecule has 1 aliphatic carbocycles. The lowest BCUT2D eigenvalue weighted by atomic mass is 9.82. The fraction of sp³-hybridized carbons (Fsp3) is 0.684. The zero-order valence-corrected chi connectivity index (χ0v) is 14.1. The van der Waals surface area contributed by atoms with Crippen molar-refractivity contribution in [3.8, 4) is 0 Å². The molecule has 3 nitrogen and oxygen atoms in total. The van der Waals surface area contributed by atoms with Crippen LogP contribution >= 0.6 is 0 Å². The molecule has 0 bridgehead atoms. The molecule has 0 amide bonds. The van der Waals surface area contributed by atoms with Crippen molar-refractivity contribution in [2.45, 2.75) is 77.6 Å². The SMILES string of the molecule is CC1(C)CCCCCC(c2cnc3[nH]ccc3n2)CCCC1. The molecule has 0 aliphatic heterocycles. The Morgan fingerprint density at radius 3 is 2.59 bits per heavy atom. The average molecular weight is 299 g/mol. The number of aromatic nitrogens is 3. The van der Waals surface area contributed by atoms with Crippen molar-refractivity contribution in [1.29, 1.82) is 0 Å². The first-order valence-corrected chi connectivity index (χ1v) is 8.94. The number of nitrogens with zero attached hydrogens (tertiary/aromatic N) is 2. The van der Waals surface area contributed by atoms with Crippen LogP contribution in [0.25, 0.3) is 11.2 Å². The molecule has 0 spiro atoms.